The molecule has 0 aliphatic carbocycles. The Hall–Kier alpha value is -2.49. The van der Waals surface area contributed by atoms with Gasteiger partial charge >= 0.3 is 0 Å². The first-order chi connectivity index (χ1) is 13.3. The lowest BCUT2D eigenvalue weighted by Gasteiger charge is -2.40. The molecule has 1 saturated heterocycles. The van der Waals surface area contributed by atoms with Crippen molar-refractivity contribution in [1.29, 1.82) is 0 Å². The molecule has 150 valence electrons. The third-order valence-electron chi connectivity index (χ3n) is 4.45. The maximum absolute atomic E-state index is 13.1. The van der Waals surface area contributed by atoms with E-state index >= 15 is 0 Å². The second-order valence-corrected chi connectivity index (χ2v) is 8.37. The number of sulfonamides is 1. The van der Waals surface area contributed by atoms with Gasteiger partial charge in [0, 0.05) is 12.2 Å². The van der Waals surface area contributed by atoms with E-state index in [9.17, 15) is 22.7 Å². The standard InChI is InChI=1S/C19H21FN2O5S/c1-28(25,26)21-16-8-4-14(5-9-16)19-17(11-23)22(18(24)12-27-19)10-13-2-6-15(20)7-3-13/h2-9,17,19,21,23H,10-12H2,1H3/t17-,19-/m1/s1. The molecule has 0 spiro atoms. The Bertz CT molecular complexity index is 932. The van der Waals surface area contributed by atoms with Crippen molar-refractivity contribution in [1.82, 2.24) is 4.90 Å². The summed E-state index contributed by atoms with van der Waals surface area (Å²) in [6, 6.07) is 11.8. The third kappa shape index (κ3) is 4.86. The zero-order valence-electron chi connectivity index (χ0n) is 15.2. The molecule has 1 amide bonds. The first-order valence-electron chi connectivity index (χ1n) is 8.61. The predicted octanol–water partition coefficient (Wildman–Crippen LogP) is 1.66. The molecule has 0 saturated carbocycles. The molecule has 1 fully saturated rings. The molecule has 1 aliphatic heterocycles. The summed E-state index contributed by atoms with van der Waals surface area (Å²) in [7, 11) is -3.38. The van der Waals surface area contributed by atoms with E-state index in [0.29, 0.717) is 11.3 Å². The summed E-state index contributed by atoms with van der Waals surface area (Å²) in [5.74, 6) is -0.633. The number of hydrogen-bond acceptors (Lipinski definition) is 5. The van der Waals surface area contributed by atoms with Crippen molar-refractivity contribution < 1.29 is 27.4 Å². The number of benzene rings is 2. The highest BCUT2D eigenvalue weighted by molar-refractivity contribution is 7.92. The minimum absolute atomic E-state index is 0.147. The van der Waals surface area contributed by atoms with E-state index in [0.717, 1.165) is 11.8 Å². The van der Waals surface area contributed by atoms with Gasteiger partial charge in [-0.25, -0.2) is 12.8 Å². The minimum atomic E-state index is -3.38. The third-order valence-corrected chi connectivity index (χ3v) is 5.06. The van der Waals surface area contributed by atoms with Gasteiger partial charge < -0.3 is 14.7 Å². The number of rotatable bonds is 6. The number of morpholine rings is 1. The van der Waals surface area contributed by atoms with E-state index in [2.05, 4.69) is 4.72 Å². The minimum Gasteiger partial charge on any atom is -0.394 e. The molecular weight excluding hydrogens is 387 g/mol. The van der Waals surface area contributed by atoms with Gasteiger partial charge in [-0.2, -0.15) is 0 Å². The Balaban J connectivity index is 1.81. The number of carbonyl (C=O) groups excluding carboxylic acids is 1. The molecule has 1 heterocycles. The average Bonchev–Trinajstić information content (AvgIpc) is 2.64. The molecule has 9 heteroatoms. The predicted molar refractivity (Wildman–Crippen MR) is 101 cm³/mol. The maximum atomic E-state index is 13.1. The normalized spacial score (nSPS) is 20.2. The van der Waals surface area contributed by atoms with E-state index in [1.165, 1.54) is 17.0 Å². The number of aliphatic hydroxyl groups excluding tert-OH is 1. The summed E-state index contributed by atoms with van der Waals surface area (Å²) in [5.41, 5.74) is 1.85. The first kappa shape index (κ1) is 20.2. The van der Waals surface area contributed by atoms with Crippen LogP contribution in [0.2, 0.25) is 0 Å². The molecular formula is C19H21FN2O5S. The van der Waals surface area contributed by atoms with Gasteiger partial charge in [-0.05, 0) is 35.4 Å². The number of amides is 1. The maximum Gasteiger partial charge on any atom is 0.249 e. The van der Waals surface area contributed by atoms with Crippen LogP contribution in [-0.4, -0.2) is 49.8 Å². The van der Waals surface area contributed by atoms with E-state index in [4.69, 9.17) is 4.74 Å². The summed E-state index contributed by atoms with van der Waals surface area (Å²) >= 11 is 0. The lowest BCUT2D eigenvalue weighted by Crippen LogP contribution is -2.52. The van der Waals surface area contributed by atoms with Crippen molar-refractivity contribution in [2.24, 2.45) is 0 Å². The summed E-state index contributed by atoms with van der Waals surface area (Å²) in [6.45, 7) is -0.245. The van der Waals surface area contributed by atoms with Crippen LogP contribution in [0.4, 0.5) is 10.1 Å². The number of anilines is 1. The van der Waals surface area contributed by atoms with Crippen LogP contribution in [0.5, 0.6) is 0 Å². The van der Waals surface area contributed by atoms with Crippen molar-refractivity contribution in [2.75, 3.05) is 24.2 Å². The van der Waals surface area contributed by atoms with Gasteiger partial charge in [-0.3, -0.25) is 9.52 Å². The van der Waals surface area contributed by atoms with Crippen LogP contribution < -0.4 is 4.72 Å². The summed E-state index contributed by atoms with van der Waals surface area (Å²) in [5, 5.41) is 9.91. The summed E-state index contributed by atoms with van der Waals surface area (Å²) in [4.78, 5) is 13.9. The topological polar surface area (TPSA) is 95.9 Å². The second-order valence-electron chi connectivity index (χ2n) is 6.63. The fraction of sp³-hybridized carbons (Fsp3) is 0.316. The van der Waals surface area contributed by atoms with Crippen molar-refractivity contribution in [3.8, 4) is 0 Å². The molecule has 7 nitrogen and oxygen atoms in total. The number of nitrogens with one attached hydrogen (secondary N) is 1. The van der Waals surface area contributed by atoms with E-state index < -0.39 is 22.2 Å². The smallest absolute Gasteiger partial charge is 0.249 e. The zero-order valence-corrected chi connectivity index (χ0v) is 16.0. The van der Waals surface area contributed by atoms with Crippen molar-refractivity contribution in [3.05, 3.63) is 65.5 Å². The Morgan fingerprint density at radius 3 is 2.39 bits per heavy atom. The fourth-order valence-corrected chi connectivity index (χ4v) is 3.73. The lowest BCUT2D eigenvalue weighted by molar-refractivity contribution is -0.162. The summed E-state index contributed by atoms with van der Waals surface area (Å²) < 4.78 is 43.8. The van der Waals surface area contributed by atoms with Crippen LogP contribution in [0.1, 0.15) is 17.2 Å². The SMILES string of the molecule is CS(=O)(=O)Nc1ccc([C@H]2OCC(=O)N(Cc3ccc(F)cc3)[C@@H]2CO)cc1. The molecule has 0 bridgehead atoms. The monoisotopic (exact) mass is 408 g/mol. The van der Waals surface area contributed by atoms with Crippen molar-refractivity contribution in [2.45, 2.75) is 18.7 Å². The highest BCUT2D eigenvalue weighted by atomic mass is 32.2. The van der Waals surface area contributed by atoms with Crippen LogP contribution >= 0.6 is 0 Å². The van der Waals surface area contributed by atoms with Crippen LogP contribution in [0.15, 0.2) is 48.5 Å². The van der Waals surface area contributed by atoms with Crippen LogP contribution in [-0.2, 0) is 26.1 Å². The molecule has 2 aromatic rings. The van der Waals surface area contributed by atoms with Gasteiger partial charge in [-0.1, -0.05) is 24.3 Å². The van der Waals surface area contributed by atoms with Gasteiger partial charge in [0.1, 0.15) is 18.5 Å². The number of halogens is 1. The number of ether oxygens (including phenoxy) is 1. The number of nitrogens with zero attached hydrogens (tertiary/aromatic N) is 1. The molecule has 2 atom stereocenters. The molecule has 2 N–H and O–H groups in total. The van der Waals surface area contributed by atoms with Crippen molar-refractivity contribution in [3.63, 3.8) is 0 Å². The highest BCUT2D eigenvalue weighted by Crippen LogP contribution is 2.31. The summed E-state index contributed by atoms with van der Waals surface area (Å²) in [6.07, 6.45) is 0.488. The number of hydrogen-bond donors (Lipinski definition) is 2. The molecule has 28 heavy (non-hydrogen) atoms. The van der Waals surface area contributed by atoms with Crippen LogP contribution in [0, 0.1) is 5.82 Å². The molecule has 2 aromatic carbocycles. The number of carbonyl (C=O) groups is 1. The van der Waals surface area contributed by atoms with E-state index in [1.807, 2.05) is 0 Å². The Morgan fingerprint density at radius 2 is 1.82 bits per heavy atom. The van der Waals surface area contributed by atoms with Gasteiger partial charge in [0.05, 0.1) is 18.9 Å². The molecule has 3 rings (SSSR count). The van der Waals surface area contributed by atoms with Gasteiger partial charge in [0.15, 0.2) is 0 Å². The Labute approximate surface area is 162 Å². The van der Waals surface area contributed by atoms with Gasteiger partial charge in [-0.15, -0.1) is 0 Å². The molecule has 0 radical (unpaired) electrons. The largest absolute Gasteiger partial charge is 0.394 e. The zero-order chi connectivity index (χ0) is 20.3. The van der Waals surface area contributed by atoms with Crippen LogP contribution in [0.3, 0.4) is 0 Å². The molecule has 1 aliphatic rings. The number of aliphatic hydroxyl groups is 1. The Morgan fingerprint density at radius 1 is 1.18 bits per heavy atom. The molecule has 0 unspecified atom stereocenters. The van der Waals surface area contributed by atoms with E-state index in [-0.39, 0.29) is 31.5 Å². The van der Waals surface area contributed by atoms with Gasteiger partial charge in [0.25, 0.3) is 0 Å². The second kappa shape index (κ2) is 8.26. The quantitative estimate of drug-likeness (QED) is 0.758. The van der Waals surface area contributed by atoms with Gasteiger partial charge in [0.2, 0.25) is 15.9 Å². The Kier molecular flexibility index (Phi) is 5.97. The van der Waals surface area contributed by atoms with Crippen LogP contribution in [0.25, 0.3) is 0 Å². The first-order valence-corrected chi connectivity index (χ1v) is 10.5. The molecule has 0 aromatic heterocycles. The fourth-order valence-electron chi connectivity index (χ4n) is 3.16. The highest BCUT2D eigenvalue weighted by Gasteiger charge is 2.37. The lowest BCUT2D eigenvalue weighted by atomic mass is 9.98. The average molecular weight is 408 g/mol. The van der Waals surface area contributed by atoms with Crippen molar-refractivity contribution >= 4 is 21.6 Å². The van der Waals surface area contributed by atoms with E-state index in [1.54, 1.807) is 36.4 Å².